The number of benzene rings is 1. The summed E-state index contributed by atoms with van der Waals surface area (Å²) in [7, 11) is 0. The molecule has 0 bridgehead atoms. The predicted molar refractivity (Wildman–Crippen MR) is 116 cm³/mol. The largest absolute Gasteiger partial charge is 0.369 e. The fourth-order valence-electron chi connectivity index (χ4n) is 4.22. The molecule has 4 heterocycles. The number of rotatable bonds is 4. The number of nitrogens with zero attached hydrogens (tertiary/aromatic N) is 5. The fraction of sp³-hybridized carbons (Fsp3) is 0.292. The number of aromatic nitrogens is 4. The average molecular weight is 417 g/mol. The topological polar surface area (TPSA) is 55.5 Å². The Kier molecular flexibility index (Phi) is 5.21. The van der Waals surface area contributed by atoms with Gasteiger partial charge in [0, 0.05) is 43.8 Å². The van der Waals surface area contributed by atoms with E-state index in [4.69, 9.17) is 9.72 Å². The number of fused-ring (bicyclic) bond motifs is 1. The highest BCUT2D eigenvalue weighted by Crippen LogP contribution is 2.30. The molecule has 1 saturated heterocycles. The van der Waals surface area contributed by atoms with Gasteiger partial charge in [-0.15, -0.1) is 0 Å². The van der Waals surface area contributed by atoms with Crippen molar-refractivity contribution in [3.05, 3.63) is 83.5 Å². The second kappa shape index (κ2) is 8.17. The molecule has 1 unspecified atom stereocenters. The number of halogens is 1. The fourth-order valence-corrected chi connectivity index (χ4v) is 4.22. The lowest BCUT2D eigenvalue weighted by Crippen LogP contribution is -2.38. The van der Waals surface area contributed by atoms with E-state index in [0.29, 0.717) is 24.4 Å². The van der Waals surface area contributed by atoms with E-state index in [1.165, 1.54) is 17.8 Å². The molecule has 5 rings (SSSR count). The third-order valence-electron chi connectivity index (χ3n) is 5.80. The highest BCUT2D eigenvalue weighted by atomic mass is 19.1. The molecule has 6 nitrogen and oxygen atoms in total. The van der Waals surface area contributed by atoms with Gasteiger partial charge in [0.2, 0.25) is 0 Å². The second-order valence-electron chi connectivity index (χ2n) is 7.92. The number of ether oxygens (including phenoxy) is 1. The van der Waals surface area contributed by atoms with Crippen LogP contribution in [0.1, 0.15) is 28.7 Å². The Morgan fingerprint density at radius 1 is 1.13 bits per heavy atom. The molecule has 1 fully saturated rings. The average Bonchev–Trinajstić information content (AvgIpc) is 3.10. The number of hydrogen-bond acceptors (Lipinski definition) is 5. The molecule has 1 atom stereocenters. The van der Waals surface area contributed by atoms with Crippen molar-refractivity contribution in [3.8, 4) is 11.3 Å². The van der Waals surface area contributed by atoms with Crippen molar-refractivity contribution in [1.29, 1.82) is 0 Å². The number of imidazole rings is 1. The Morgan fingerprint density at radius 2 is 2.00 bits per heavy atom. The first kappa shape index (κ1) is 19.8. The molecular weight excluding hydrogens is 393 g/mol. The minimum absolute atomic E-state index is 0.234. The summed E-state index contributed by atoms with van der Waals surface area (Å²) >= 11 is 0. The van der Waals surface area contributed by atoms with Gasteiger partial charge in [0.05, 0.1) is 29.4 Å². The van der Waals surface area contributed by atoms with Crippen molar-refractivity contribution in [2.45, 2.75) is 26.5 Å². The SMILES string of the molecule is Cc1nc2c(C)cccn2c1CN1CCOC(c2nccnc2-c2cccc(F)c2)C1. The molecular formula is C24H24FN5O. The quantitative estimate of drug-likeness (QED) is 0.500. The van der Waals surface area contributed by atoms with Gasteiger partial charge in [-0.05, 0) is 37.6 Å². The smallest absolute Gasteiger partial charge is 0.140 e. The maximum absolute atomic E-state index is 13.8. The van der Waals surface area contributed by atoms with Crippen molar-refractivity contribution in [2.24, 2.45) is 0 Å². The van der Waals surface area contributed by atoms with Gasteiger partial charge in [-0.1, -0.05) is 18.2 Å². The Morgan fingerprint density at radius 3 is 2.87 bits per heavy atom. The number of hydrogen-bond donors (Lipinski definition) is 0. The molecule has 0 saturated carbocycles. The van der Waals surface area contributed by atoms with Gasteiger partial charge < -0.3 is 9.14 Å². The van der Waals surface area contributed by atoms with Gasteiger partial charge >= 0.3 is 0 Å². The van der Waals surface area contributed by atoms with Crippen LogP contribution in [-0.4, -0.2) is 43.9 Å². The van der Waals surface area contributed by atoms with Gasteiger partial charge in [0.25, 0.3) is 0 Å². The zero-order valence-electron chi connectivity index (χ0n) is 17.6. The zero-order chi connectivity index (χ0) is 21.4. The molecule has 3 aromatic heterocycles. The molecule has 1 aliphatic rings. The lowest BCUT2D eigenvalue weighted by atomic mass is 10.0. The Balaban J connectivity index is 1.43. The normalized spacial score (nSPS) is 17.3. The summed E-state index contributed by atoms with van der Waals surface area (Å²) in [5.41, 5.74) is 6.50. The van der Waals surface area contributed by atoms with Gasteiger partial charge in [-0.25, -0.2) is 9.37 Å². The molecule has 0 spiro atoms. The standard InChI is InChI=1S/C24H24FN5O/c1-16-5-4-10-30-20(17(2)28-24(16)30)14-29-11-12-31-21(15-29)23-22(26-8-9-27-23)18-6-3-7-19(25)13-18/h3-10,13,21H,11-12,14-15H2,1-2H3. The van der Waals surface area contributed by atoms with Crippen molar-refractivity contribution < 1.29 is 9.13 Å². The zero-order valence-corrected chi connectivity index (χ0v) is 17.6. The van der Waals surface area contributed by atoms with Crippen LogP contribution in [0.25, 0.3) is 16.9 Å². The van der Waals surface area contributed by atoms with Crippen LogP contribution in [0, 0.1) is 19.7 Å². The van der Waals surface area contributed by atoms with Crippen LogP contribution in [0.2, 0.25) is 0 Å². The number of morpholine rings is 1. The Bertz CT molecular complexity index is 1240. The van der Waals surface area contributed by atoms with Crippen LogP contribution in [0.4, 0.5) is 4.39 Å². The first-order valence-electron chi connectivity index (χ1n) is 10.4. The third-order valence-corrected chi connectivity index (χ3v) is 5.80. The van der Waals surface area contributed by atoms with E-state index in [1.807, 2.05) is 6.07 Å². The van der Waals surface area contributed by atoms with E-state index in [1.54, 1.807) is 18.5 Å². The lowest BCUT2D eigenvalue weighted by molar-refractivity contribution is -0.0353. The lowest BCUT2D eigenvalue weighted by Gasteiger charge is -2.33. The number of aryl methyl sites for hydroxylation is 2. The second-order valence-corrected chi connectivity index (χ2v) is 7.92. The molecule has 1 aliphatic heterocycles. The molecule has 31 heavy (non-hydrogen) atoms. The summed E-state index contributed by atoms with van der Waals surface area (Å²) < 4.78 is 22.1. The molecule has 0 radical (unpaired) electrons. The van der Waals surface area contributed by atoms with Gasteiger partial charge in [0.15, 0.2) is 0 Å². The van der Waals surface area contributed by atoms with E-state index in [2.05, 4.69) is 51.4 Å². The molecule has 1 aromatic carbocycles. The number of pyridine rings is 1. The van der Waals surface area contributed by atoms with Crippen LogP contribution in [0.3, 0.4) is 0 Å². The molecule has 158 valence electrons. The van der Waals surface area contributed by atoms with Crippen molar-refractivity contribution in [2.75, 3.05) is 19.7 Å². The minimum atomic E-state index is -0.293. The minimum Gasteiger partial charge on any atom is -0.369 e. The molecule has 0 N–H and O–H groups in total. The van der Waals surface area contributed by atoms with Crippen LogP contribution < -0.4 is 0 Å². The van der Waals surface area contributed by atoms with Crippen molar-refractivity contribution >= 4 is 5.65 Å². The van der Waals surface area contributed by atoms with Gasteiger partial charge in [-0.2, -0.15) is 0 Å². The van der Waals surface area contributed by atoms with Crippen molar-refractivity contribution in [3.63, 3.8) is 0 Å². The predicted octanol–water partition coefficient (Wildman–Crippen LogP) is 4.12. The first-order valence-corrected chi connectivity index (χ1v) is 10.4. The summed E-state index contributed by atoms with van der Waals surface area (Å²) in [5, 5.41) is 0. The summed E-state index contributed by atoms with van der Waals surface area (Å²) in [6.45, 7) is 7.01. The molecule has 7 heteroatoms. The summed E-state index contributed by atoms with van der Waals surface area (Å²) in [6, 6.07) is 10.6. The first-order chi connectivity index (χ1) is 15.1. The summed E-state index contributed by atoms with van der Waals surface area (Å²) in [6.07, 6.45) is 5.13. The molecule has 0 amide bonds. The maximum atomic E-state index is 13.8. The third kappa shape index (κ3) is 3.82. The van der Waals surface area contributed by atoms with E-state index >= 15 is 0 Å². The van der Waals surface area contributed by atoms with Crippen molar-refractivity contribution in [1.82, 2.24) is 24.3 Å². The Labute approximate surface area is 180 Å². The van der Waals surface area contributed by atoms with E-state index < -0.39 is 0 Å². The van der Waals surface area contributed by atoms with E-state index in [0.717, 1.165) is 35.7 Å². The molecule has 0 aliphatic carbocycles. The van der Waals surface area contributed by atoms with E-state index in [-0.39, 0.29) is 11.9 Å². The van der Waals surface area contributed by atoms with E-state index in [9.17, 15) is 4.39 Å². The van der Waals surface area contributed by atoms with Crippen LogP contribution in [0.15, 0.2) is 55.0 Å². The maximum Gasteiger partial charge on any atom is 0.140 e. The van der Waals surface area contributed by atoms with Crippen LogP contribution in [-0.2, 0) is 11.3 Å². The monoisotopic (exact) mass is 417 g/mol. The highest BCUT2D eigenvalue weighted by molar-refractivity contribution is 5.62. The van der Waals surface area contributed by atoms with Gasteiger partial charge in [0.1, 0.15) is 17.6 Å². The summed E-state index contributed by atoms with van der Waals surface area (Å²) in [5.74, 6) is -0.293. The Hall–Kier alpha value is -3.16. The van der Waals surface area contributed by atoms with Crippen LogP contribution >= 0.6 is 0 Å². The molecule has 4 aromatic rings. The highest BCUT2D eigenvalue weighted by Gasteiger charge is 2.27. The van der Waals surface area contributed by atoms with Crippen LogP contribution in [0.5, 0.6) is 0 Å². The summed E-state index contributed by atoms with van der Waals surface area (Å²) in [4.78, 5) is 16.2. The van der Waals surface area contributed by atoms with Gasteiger partial charge in [-0.3, -0.25) is 14.9 Å².